The molecular formula is C18H18N4O3. The summed E-state index contributed by atoms with van der Waals surface area (Å²) < 4.78 is 6.82. The number of benzene rings is 1. The molecule has 7 nitrogen and oxygen atoms in total. The molecule has 0 aliphatic rings. The van der Waals surface area contributed by atoms with Crippen molar-refractivity contribution in [1.82, 2.24) is 14.8 Å². The minimum absolute atomic E-state index is 0.167. The lowest BCUT2D eigenvalue weighted by atomic mass is 10.2. The van der Waals surface area contributed by atoms with E-state index in [4.69, 9.17) is 4.42 Å². The number of carbonyl (C=O) groups excluding carboxylic acids is 1. The summed E-state index contributed by atoms with van der Waals surface area (Å²) in [5, 5.41) is 6.66. The molecule has 0 atom stereocenters. The number of carbonyl (C=O) groups is 1. The van der Waals surface area contributed by atoms with Gasteiger partial charge in [-0.1, -0.05) is 13.8 Å². The van der Waals surface area contributed by atoms with Crippen molar-refractivity contribution in [3.05, 3.63) is 64.4 Å². The largest absolute Gasteiger partial charge is 0.441 e. The number of aromatic nitrogens is 3. The Hall–Kier alpha value is -3.22. The van der Waals surface area contributed by atoms with Gasteiger partial charge < -0.3 is 9.73 Å². The average molecular weight is 338 g/mol. The quantitative estimate of drug-likeness (QED) is 0.790. The topological polar surface area (TPSA) is 90.0 Å². The highest BCUT2D eigenvalue weighted by Crippen LogP contribution is 2.24. The maximum atomic E-state index is 12.2. The third-order valence-electron chi connectivity index (χ3n) is 3.68. The van der Waals surface area contributed by atoms with Crippen molar-refractivity contribution in [3.8, 4) is 11.5 Å². The first-order valence-electron chi connectivity index (χ1n) is 7.86. The summed E-state index contributed by atoms with van der Waals surface area (Å²) in [5.41, 5.74) is 1.33. The van der Waals surface area contributed by atoms with E-state index >= 15 is 0 Å². The summed E-state index contributed by atoms with van der Waals surface area (Å²) in [4.78, 5) is 27.8. The Kier molecular flexibility index (Phi) is 4.47. The Morgan fingerprint density at radius 3 is 2.48 bits per heavy atom. The number of nitrogens with one attached hydrogen (secondary N) is 1. The van der Waals surface area contributed by atoms with Crippen LogP contribution in [0.15, 0.2) is 51.8 Å². The molecule has 128 valence electrons. The molecule has 1 amide bonds. The van der Waals surface area contributed by atoms with E-state index in [1.54, 1.807) is 18.3 Å². The lowest BCUT2D eigenvalue weighted by molar-refractivity contribution is 0.102. The first kappa shape index (κ1) is 16.6. The van der Waals surface area contributed by atoms with E-state index in [0.717, 1.165) is 16.0 Å². The Bertz CT molecular complexity index is 955. The summed E-state index contributed by atoms with van der Waals surface area (Å²) in [6.45, 7) is 4.08. The molecule has 2 heterocycles. The van der Waals surface area contributed by atoms with Crippen LogP contribution in [0.4, 0.5) is 5.69 Å². The van der Waals surface area contributed by atoms with Gasteiger partial charge in [0.15, 0.2) is 0 Å². The second-order valence-corrected chi connectivity index (χ2v) is 5.93. The molecule has 0 aliphatic heterocycles. The van der Waals surface area contributed by atoms with Crippen LogP contribution in [-0.2, 0) is 7.05 Å². The van der Waals surface area contributed by atoms with Gasteiger partial charge in [-0.2, -0.15) is 5.10 Å². The summed E-state index contributed by atoms with van der Waals surface area (Å²) in [6, 6.07) is 9.86. The minimum Gasteiger partial charge on any atom is -0.441 e. The Balaban J connectivity index is 1.74. The van der Waals surface area contributed by atoms with Crippen LogP contribution in [0.1, 0.15) is 36.0 Å². The SMILES string of the molecule is CC(C)c1cnc(-c2ccc(NC(=O)c3ccc(=O)n(C)n3)cc2)o1. The van der Waals surface area contributed by atoms with E-state index in [-0.39, 0.29) is 23.1 Å². The van der Waals surface area contributed by atoms with E-state index in [9.17, 15) is 9.59 Å². The zero-order valence-electron chi connectivity index (χ0n) is 14.2. The normalized spacial score (nSPS) is 10.9. The predicted octanol–water partition coefficient (Wildman–Crippen LogP) is 2.81. The minimum atomic E-state index is -0.387. The Morgan fingerprint density at radius 1 is 1.16 bits per heavy atom. The second-order valence-electron chi connectivity index (χ2n) is 5.93. The molecule has 0 radical (unpaired) electrons. The van der Waals surface area contributed by atoms with E-state index in [2.05, 4.69) is 15.4 Å². The number of rotatable bonds is 4. The maximum absolute atomic E-state index is 12.2. The molecule has 0 bridgehead atoms. The second kappa shape index (κ2) is 6.72. The number of nitrogens with zero attached hydrogens (tertiary/aromatic N) is 3. The first-order chi connectivity index (χ1) is 11.9. The van der Waals surface area contributed by atoms with E-state index < -0.39 is 0 Å². The molecule has 0 saturated carbocycles. The molecule has 3 aromatic rings. The molecule has 0 unspecified atom stereocenters. The zero-order valence-corrected chi connectivity index (χ0v) is 14.2. The van der Waals surface area contributed by atoms with Crippen LogP contribution in [0.3, 0.4) is 0 Å². The van der Waals surface area contributed by atoms with Gasteiger partial charge in [0.1, 0.15) is 11.5 Å². The molecule has 0 saturated heterocycles. The van der Waals surface area contributed by atoms with Crippen molar-refractivity contribution in [2.75, 3.05) is 5.32 Å². The van der Waals surface area contributed by atoms with E-state index in [1.807, 2.05) is 26.0 Å². The summed E-state index contributed by atoms with van der Waals surface area (Å²) in [7, 11) is 1.50. The Labute approximate surface area is 144 Å². The fourth-order valence-electron chi connectivity index (χ4n) is 2.20. The summed E-state index contributed by atoms with van der Waals surface area (Å²) in [6.07, 6.45) is 1.72. The molecule has 0 aliphatic carbocycles. The highest BCUT2D eigenvalue weighted by atomic mass is 16.4. The van der Waals surface area contributed by atoms with Crippen LogP contribution in [0.2, 0.25) is 0 Å². The molecule has 3 rings (SSSR count). The fourth-order valence-corrected chi connectivity index (χ4v) is 2.20. The van der Waals surface area contributed by atoms with Gasteiger partial charge in [0.25, 0.3) is 11.5 Å². The molecule has 0 spiro atoms. The molecule has 1 aromatic carbocycles. The number of amides is 1. The van der Waals surface area contributed by atoms with Crippen LogP contribution >= 0.6 is 0 Å². The van der Waals surface area contributed by atoms with Crippen LogP contribution in [0, 0.1) is 0 Å². The maximum Gasteiger partial charge on any atom is 0.276 e. The highest BCUT2D eigenvalue weighted by Gasteiger charge is 2.11. The molecule has 25 heavy (non-hydrogen) atoms. The zero-order chi connectivity index (χ0) is 18.0. The Morgan fingerprint density at radius 2 is 1.88 bits per heavy atom. The van der Waals surface area contributed by atoms with Gasteiger partial charge in [-0.05, 0) is 30.3 Å². The molecule has 1 N–H and O–H groups in total. The van der Waals surface area contributed by atoms with Crippen LogP contribution < -0.4 is 10.9 Å². The van der Waals surface area contributed by atoms with Gasteiger partial charge in [0.2, 0.25) is 5.89 Å². The fraction of sp³-hybridized carbons (Fsp3) is 0.222. The van der Waals surface area contributed by atoms with Crippen molar-refractivity contribution < 1.29 is 9.21 Å². The summed E-state index contributed by atoms with van der Waals surface area (Å²) in [5.74, 6) is 1.25. The number of oxazole rings is 1. The molecule has 7 heteroatoms. The van der Waals surface area contributed by atoms with Crippen molar-refractivity contribution in [3.63, 3.8) is 0 Å². The standard InChI is InChI=1S/C18H18N4O3/c1-11(2)15-10-19-18(25-15)12-4-6-13(7-5-12)20-17(24)14-8-9-16(23)22(3)21-14/h4-11H,1-3H3,(H,20,24). The predicted molar refractivity (Wildman–Crippen MR) is 93.5 cm³/mol. The van der Waals surface area contributed by atoms with Gasteiger partial charge in [-0.3, -0.25) is 9.59 Å². The van der Waals surface area contributed by atoms with Crippen molar-refractivity contribution in [2.45, 2.75) is 19.8 Å². The number of anilines is 1. The van der Waals surface area contributed by atoms with Crippen LogP contribution in [-0.4, -0.2) is 20.7 Å². The third-order valence-corrected chi connectivity index (χ3v) is 3.68. The molecular weight excluding hydrogens is 320 g/mol. The first-order valence-corrected chi connectivity index (χ1v) is 7.86. The monoisotopic (exact) mass is 338 g/mol. The van der Waals surface area contributed by atoms with Gasteiger partial charge in [-0.25, -0.2) is 9.67 Å². The number of aryl methyl sites for hydroxylation is 1. The number of hydrogen-bond donors (Lipinski definition) is 1. The lowest BCUT2D eigenvalue weighted by Gasteiger charge is -2.06. The van der Waals surface area contributed by atoms with Gasteiger partial charge in [-0.15, -0.1) is 0 Å². The van der Waals surface area contributed by atoms with Crippen molar-refractivity contribution >= 4 is 11.6 Å². The van der Waals surface area contributed by atoms with E-state index in [1.165, 1.54) is 19.2 Å². The summed E-state index contributed by atoms with van der Waals surface area (Å²) >= 11 is 0. The third kappa shape index (κ3) is 3.65. The smallest absolute Gasteiger partial charge is 0.276 e. The lowest BCUT2D eigenvalue weighted by Crippen LogP contribution is -2.23. The van der Waals surface area contributed by atoms with Gasteiger partial charge in [0, 0.05) is 30.3 Å². The van der Waals surface area contributed by atoms with Crippen molar-refractivity contribution in [1.29, 1.82) is 0 Å². The van der Waals surface area contributed by atoms with Crippen LogP contribution in [0.25, 0.3) is 11.5 Å². The van der Waals surface area contributed by atoms with Crippen molar-refractivity contribution in [2.24, 2.45) is 7.05 Å². The van der Waals surface area contributed by atoms with Gasteiger partial charge in [0.05, 0.1) is 6.20 Å². The van der Waals surface area contributed by atoms with Crippen LogP contribution in [0.5, 0.6) is 0 Å². The average Bonchev–Trinajstić information content (AvgIpc) is 3.08. The van der Waals surface area contributed by atoms with Gasteiger partial charge >= 0.3 is 0 Å². The number of hydrogen-bond acceptors (Lipinski definition) is 5. The van der Waals surface area contributed by atoms with E-state index in [0.29, 0.717) is 11.6 Å². The highest BCUT2D eigenvalue weighted by molar-refractivity contribution is 6.02. The molecule has 0 fully saturated rings. The molecule has 2 aromatic heterocycles.